The first kappa shape index (κ1) is 21.1. The molecule has 0 spiro atoms. The van der Waals surface area contributed by atoms with E-state index in [2.05, 4.69) is 23.9 Å². The number of rotatable bonds is 7. The van der Waals surface area contributed by atoms with Gasteiger partial charge in [-0.25, -0.2) is 4.39 Å². The van der Waals surface area contributed by atoms with Gasteiger partial charge in [0.2, 0.25) is 0 Å². The zero-order valence-electron chi connectivity index (χ0n) is 17.7. The fourth-order valence-electron chi connectivity index (χ4n) is 3.57. The van der Waals surface area contributed by atoms with Gasteiger partial charge in [-0.2, -0.15) is 0 Å². The van der Waals surface area contributed by atoms with Gasteiger partial charge in [0, 0.05) is 38.9 Å². The predicted molar refractivity (Wildman–Crippen MR) is 118 cm³/mol. The normalized spacial score (nSPS) is 16.3. The van der Waals surface area contributed by atoms with E-state index < -0.39 is 0 Å². The number of nitrogens with zero attached hydrogens (tertiary/aromatic N) is 3. The molecule has 1 fully saturated rings. The molecule has 158 valence electrons. The van der Waals surface area contributed by atoms with Gasteiger partial charge in [0.1, 0.15) is 11.6 Å². The van der Waals surface area contributed by atoms with E-state index in [-0.39, 0.29) is 13.2 Å². The summed E-state index contributed by atoms with van der Waals surface area (Å²) in [6, 6.07) is 12.5. The summed E-state index contributed by atoms with van der Waals surface area (Å²) in [6.45, 7) is 4.33. The Bertz CT molecular complexity index is 845. The maximum absolute atomic E-state index is 14.8. The number of amides is 1. The van der Waals surface area contributed by atoms with E-state index in [1.807, 2.05) is 6.92 Å². The van der Waals surface area contributed by atoms with E-state index in [0.29, 0.717) is 29.6 Å². The summed E-state index contributed by atoms with van der Waals surface area (Å²) in [5.41, 5.74) is 1.66. The molecule has 1 atom stereocenters. The lowest BCUT2D eigenvalue weighted by molar-refractivity contribution is 0.0993. The van der Waals surface area contributed by atoms with Crippen molar-refractivity contribution in [1.82, 2.24) is 4.90 Å². The minimum atomic E-state index is -0.301. The molecule has 1 saturated heterocycles. The Labute approximate surface area is 174 Å². The number of carbonyl (C=O) groups is 1. The maximum Gasteiger partial charge on any atom is 0.258 e. The molecule has 2 aromatic rings. The van der Waals surface area contributed by atoms with E-state index in [9.17, 15) is 9.18 Å². The molecule has 0 N–H and O–H groups in total. The van der Waals surface area contributed by atoms with Crippen LogP contribution in [-0.4, -0.2) is 57.7 Å². The number of benzene rings is 2. The molecule has 0 radical (unpaired) electrons. The molecular weight excluding hydrogens is 369 g/mol. The fourth-order valence-corrected chi connectivity index (χ4v) is 3.57. The number of ether oxygens (including phenoxy) is 1. The van der Waals surface area contributed by atoms with Gasteiger partial charge in [-0.1, -0.05) is 6.92 Å². The number of halogens is 1. The lowest BCUT2D eigenvalue weighted by Crippen LogP contribution is -2.31. The second-order valence-corrected chi connectivity index (χ2v) is 7.72. The summed E-state index contributed by atoms with van der Waals surface area (Å²) in [5.74, 6) is 0.251. The quantitative estimate of drug-likeness (QED) is 0.694. The third-order valence-corrected chi connectivity index (χ3v) is 5.43. The second kappa shape index (κ2) is 9.27. The Morgan fingerprint density at radius 1 is 1.21 bits per heavy atom. The fraction of sp³-hybridized carbons (Fsp3) is 0.435. The van der Waals surface area contributed by atoms with Crippen LogP contribution in [0.2, 0.25) is 0 Å². The van der Waals surface area contributed by atoms with Crippen LogP contribution in [0.5, 0.6) is 5.75 Å². The monoisotopic (exact) mass is 401 g/mol. The number of hydrogen-bond acceptors (Lipinski definition) is 4. The van der Waals surface area contributed by atoms with Gasteiger partial charge in [0.05, 0.1) is 12.3 Å². The van der Waals surface area contributed by atoms with Crippen molar-refractivity contribution in [2.45, 2.75) is 25.8 Å². The van der Waals surface area contributed by atoms with E-state index in [4.69, 9.17) is 4.74 Å². The van der Waals surface area contributed by atoms with Crippen LogP contribution in [0, 0.1) is 5.82 Å². The highest BCUT2D eigenvalue weighted by Gasteiger charge is 2.26. The molecule has 5 nitrogen and oxygen atoms in total. The summed E-state index contributed by atoms with van der Waals surface area (Å²) in [5, 5.41) is 0. The standard InChI is InChI=1S/C23H30FN3O2.H2/c1-5-14-29-20-9-6-17(7-10-20)23(28)26(4)18-8-11-22(21(24)15-18)27-13-12-19(16-27)25(2)3;/h6-11,15,19H,5,12-14,16H2,1-4H3;1H. The largest absolute Gasteiger partial charge is 0.494 e. The van der Waals surface area contributed by atoms with Gasteiger partial charge in [-0.05, 0) is 69.4 Å². The van der Waals surface area contributed by atoms with Crippen LogP contribution in [0.1, 0.15) is 31.6 Å². The van der Waals surface area contributed by atoms with Crippen LogP contribution >= 0.6 is 0 Å². The van der Waals surface area contributed by atoms with Crippen LogP contribution in [-0.2, 0) is 0 Å². The summed E-state index contributed by atoms with van der Waals surface area (Å²) >= 11 is 0. The average molecular weight is 402 g/mol. The Morgan fingerprint density at radius 2 is 1.93 bits per heavy atom. The van der Waals surface area contributed by atoms with Gasteiger partial charge in [-0.3, -0.25) is 4.79 Å². The highest BCUT2D eigenvalue weighted by molar-refractivity contribution is 6.05. The first-order valence-electron chi connectivity index (χ1n) is 10.1. The number of anilines is 2. The van der Waals surface area contributed by atoms with E-state index in [0.717, 1.165) is 31.7 Å². The molecule has 1 amide bonds. The van der Waals surface area contributed by atoms with Crippen molar-refractivity contribution in [2.24, 2.45) is 0 Å². The topological polar surface area (TPSA) is 36.0 Å². The SMILES string of the molecule is CCCOc1ccc(C(=O)N(C)c2ccc(N3CCC(N(C)C)C3)c(F)c2)cc1.[HH]. The van der Waals surface area contributed by atoms with Crippen LogP contribution in [0.3, 0.4) is 0 Å². The first-order chi connectivity index (χ1) is 13.9. The van der Waals surface area contributed by atoms with Crippen LogP contribution in [0.25, 0.3) is 0 Å². The Kier molecular flexibility index (Phi) is 6.75. The zero-order chi connectivity index (χ0) is 21.0. The second-order valence-electron chi connectivity index (χ2n) is 7.72. The molecule has 0 bridgehead atoms. The Morgan fingerprint density at radius 3 is 2.52 bits per heavy atom. The lowest BCUT2D eigenvalue weighted by atomic mass is 10.1. The molecule has 3 rings (SSSR count). The Balaban J connectivity index is 0.00000320. The third kappa shape index (κ3) is 4.88. The Hall–Kier alpha value is -2.60. The predicted octanol–water partition coefficient (Wildman–Crippen LogP) is 4.28. The molecule has 1 heterocycles. The molecule has 0 aromatic heterocycles. The van der Waals surface area contributed by atoms with Crippen LogP contribution in [0.15, 0.2) is 42.5 Å². The summed E-state index contributed by atoms with van der Waals surface area (Å²) in [4.78, 5) is 18.5. The van der Waals surface area contributed by atoms with E-state index in [1.54, 1.807) is 43.4 Å². The molecule has 1 aliphatic rings. The number of likely N-dealkylation sites (N-methyl/N-ethyl adjacent to an activating group) is 1. The molecule has 29 heavy (non-hydrogen) atoms. The van der Waals surface area contributed by atoms with Gasteiger partial charge in [0.25, 0.3) is 5.91 Å². The summed E-state index contributed by atoms with van der Waals surface area (Å²) in [7, 11) is 5.77. The molecular formula is C23H32FN3O2. The van der Waals surface area contributed by atoms with Gasteiger partial charge in [0.15, 0.2) is 0 Å². The van der Waals surface area contributed by atoms with Crippen molar-refractivity contribution in [3.63, 3.8) is 0 Å². The van der Waals surface area contributed by atoms with Crippen molar-refractivity contribution in [1.29, 1.82) is 0 Å². The molecule has 6 heteroatoms. The van der Waals surface area contributed by atoms with Gasteiger partial charge < -0.3 is 19.4 Å². The number of hydrogen-bond donors (Lipinski definition) is 0. The third-order valence-electron chi connectivity index (χ3n) is 5.43. The van der Waals surface area contributed by atoms with Crippen LogP contribution < -0.4 is 14.5 Å². The van der Waals surface area contributed by atoms with Crippen molar-refractivity contribution >= 4 is 17.3 Å². The molecule has 2 aromatic carbocycles. The lowest BCUT2D eigenvalue weighted by Gasteiger charge is -2.23. The molecule has 1 unspecified atom stereocenters. The minimum absolute atomic E-state index is 0. The number of carbonyl (C=O) groups excluding carboxylic acids is 1. The summed E-state index contributed by atoms with van der Waals surface area (Å²) < 4.78 is 20.4. The van der Waals surface area contributed by atoms with Crippen molar-refractivity contribution in [3.05, 3.63) is 53.8 Å². The minimum Gasteiger partial charge on any atom is -0.494 e. The van der Waals surface area contributed by atoms with Crippen molar-refractivity contribution < 1.29 is 15.3 Å². The highest BCUT2D eigenvalue weighted by atomic mass is 19.1. The zero-order valence-corrected chi connectivity index (χ0v) is 17.7. The smallest absolute Gasteiger partial charge is 0.258 e. The molecule has 1 aliphatic heterocycles. The van der Waals surface area contributed by atoms with Crippen molar-refractivity contribution in [2.75, 3.05) is 50.6 Å². The van der Waals surface area contributed by atoms with Gasteiger partial charge in [-0.15, -0.1) is 0 Å². The maximum atomic E-state index is 14.8. The van der Waals surface area contributed by atoms with E-state index >= 15 is 0 Å². The average Bonchev–Trinajstić information content (AvgIpc) is 3.21. The van der Waals surface area contributed by atoms with Gasteiger partial charge >= 0.3 is 0 Å². The van der Waals surface area contributed by atoms with E-state index in [1.165, 1.54) is 11.0 Å². The molecule has 0 aliphatic carbocycles. The highest BCUT2D eigenvalue weighted by Crippen LogP contribution is 2.29. The van der Waals surface area contributed by atoms with Crippen LogP contribution in [0.4, 0.5) is 15.8 Å². The van der Waals surface area contributed by atoms with Crippen molar-refractivity contribution in [3.8, 4) is 5.75 Å². The molecule has 0 saturated carbocycles. The summed E-state index contributed by atoms with van der Waals surface area (Å²) in [6.07, 6.45) is 1.95. The first-order valence-corrected chi connectivity index (χ1v) is 10.1.